The molecule has 1 amide bonds. The first-order chi connectivity index (χ1) is 4.09. The highest BCUT2D eigenvalue weighted by Gasteiger charge is 2.09. The predicted octanol–water partition coefficient (Wildman–Crippen LogP) is -1.11. The monoisotopic (exact) mass is 129 g/mol. The Morgan fingerprint density at radius 2 is 2.11 bits per heavy atom. The van der Waals surface area contributed by atoms with Crippen LogP contribution in [0.5, 0.6) is 0 Å². The van der Waals surface area contributed by atoms with Crippen LogP contribution in [0.3, 0.4) is 0 Å². The molecule has 0 fully saturated rings. The molecule has 4 nitrogen and oxygen atoms in total. The van der Waals surface area contributed by atoms with Crippen LogP contribution in [0.15, 0.2) is 4.99 Å². The predicted molar refractivity (Wildman–Crippen MR) is 36.2 cm³/mol. The number of hydrogen-bond donors (Lipinski definition) is 2. The summed E-state index contributed by atoms with van der Waals surface area (Å²) in [6.45, 7) is 1.66. The van der Waals surface area contributed by atoms with Gasteiger partial charge in [-0.1, -0.05) is 0 Å². The van der Waals surface area contributed by atoms with Gasteiger partial charge in [0, 0.05) is 13.1 Å². The molecular formula is C5H11N3O. The molecule has 0 spiro atoms. The molecular weight excluding hydrogens is 118 g/mol. The molecule has 4 heteroatoms. The van der Waals surface area contributed by atoms with Gasteiger partial charge in [-0.05, 0) is 6.92 Å². The smallest absolute Gasteiger partial charge is 0.264 e. The molecule has 0 aliphatic rings. The van der Waals surface area contributed by atoms with Crippen molar-refractivity contribution in [2.75, 3.05) is 7.05 Å². The van der Waals surface area contributed by atoms with Gasteiger partial charge in [0.05, 0.1) is 0 Å². The molecule has 0 aliphatic carbocycles. The zero-order valence-corrected chi connectivity index (χ0v) is 5.59. The first-order valence-corrected chi connectivity index (χ1v) is 2.61. The van der Waals surface area contributed by atoms with Gasteiger partial charge in [0.25, 0.3) is 5.91 Å². The van der Waals surface area contributed by atoms with Gasteiger partial charge in [-0.2, -0.15) is 0 Å². The number of primary amides is 1. The van der Waals surface area contributed by atoms with Crippen molar-refractivity contribution in [2.45, 2.75) is 13.0 Å². The number of rotatable bonds is 2. The summed E-state index contributed by atoms with van der Waals surface area (Å²) in [5.74, 6) is -0.549. The molecule has 0 radical (unpaired) electrons. The van der Waals surface area contributed by atoms with Crippen molar-refractivity contribution >= 4 is 11.6 Å². The molecule has 0 rings (SSSR count). The second kappa shape index (κ2) is 3.19. The van der Waals surface area contributed by atoms with E-state index in [4.69, 9.17) is 11.5 Å². The van der Waals surface area contributed by atoms with Crippen molar-refractivity contribution < 1.29 is 4.79 Å². The van der Waals surface area contributed by atoms with Crippen LogP contribution >= 0.6 is 0 Å². The third-order valence-electron chi connectivity index (χ3n) is 0.925. The van der Waals surface area contributed by atoms with E-state index in [1.54, 1.807) is 6.92 Å². The molecule has 52 valence electrons. The Kier molecular flexibility index (Phi) is 2.87. The number of nitrogens with zero attached hydrogens (tertiary/aromatic N) is 1. The molecule has 0 saturated heterocycles. The van der Waals surface area contributed by atoms with Gasteiger partial charge in [0.1, 0.15) is 5.71 Å². The molecule has 4 N–H and O–H groups in total. The second-order valence-electron chi connectivity index (χ2n) is 1.76. The number of carbonyl (C=O) groups excluding carboxylic acids is 1. The summed E-state index contributed by atoms with van der Waals surface area (Å²) in [6, 6.07) is -0.368. The number of nitrogens with two attached hydrogens (primary N) is 2. The fraction of sp³-hybridized carbons (Fsp3) is 0.600. The zero-order valence-electron chi connectivity index (χ0n) is 5.59. The maximum atomic E-state index is 10.4. The molecule has 9 heavy (non-hydrogen) atoms. The second-order valence-corrected chi connectivity index (χ2v) is 1.76. The molecule has 0 saturated carbocycles. The van der Waals surface area contributed by atoms with Crippen LogP contribution < -0.4 is 11.5 Å². The van der Waals surface area contributed by atoms with Gasteiger partial charge in [0.2, 0.25) is 0 Å². The van der Waals surface area contributed by atoms with E-state index < -0.39 is 5.91 Å². The zero-order chi connectivity index (χ0) is 7.44. The quantitative estimate of drug-likeness (QED) is 0.463. The first kappa shape index (κ1) is 8.10. The number of aliphatic imine (C=N–C) groups is 1. The molecule has 1 atom stereocenters. The van der Waals surface area contributed by atoms with Crippen LogP contribution in [0.25, 0.3) is 0 Å². The van der Waals surface area contributed by atoms with Gasteiger partial charge in [0.15, 0.2) is 0 Å². The Labute approximate surface area is 53.9 Å². The van der Waals surface area contributed by atoms with Crippen LogP contribution in [0.2, 0.25) is 0 Å². The minimum Gasteiger partial charge on any atom is -0.365 e. The van der Waals surface area contributed by atoms with Crippen molar-refractivity contribution in [3.63, 3.8) is 0 Å². The van der Waals surface area contributed by atoms with Crippen molar-refractivity contribution in [3.8, 4) is 0 Å². The fourth-order valence-electron chi connectivity index (χ4n) is 0.538. The molecule has 0 aromatic heterocycles. The summed E-state index contributed by atoms with van der Waals surface area (Å²) in [5.41, 5.74) is 10.4. The van der Waals surface area contributed by atoms with Crippen LogP contribution in [0, 0.1) is 0 Å². The topological polar surface area (TPSA) is 81.5 Å². The standard InChI is InChI=1S/C5H11N3O/c1-3(6)4(8-2)5(7)9/h3H,6H2,1-2H3,(H2,7,9). The minimum absolute atomic E-state index is 0.231. The lowest BCUT2D eigenvalue weighted by Gasteiger charge is -2.02. The highest BCUT2D eigenvalue weighted by atomic mass is 16.1. The first-order valence-electron chi connectivity index (χ1n) is 2.61. The Hall–Kier alpha value is -0.900. The van der Waals surface area contributed by atoms with Crippen molar-refractivity contribution in [2.24, 2.45) is 16.5 Å². The number of amides is 1. The summed E-state index contributed by atoms with van der Waals surface area (Å²) in [7, 11) is 1.49. The Morgan fingerprint density at radius 1 is 1.67 bits per heavy atom. The Morgan fingerprint density at radius 3 is 2.11 bits per heavy atom. The van der Waals surface area contributed by atoms with Crippen molar-refractivity contribution in [1.29, 1.82) is 0 Å². The third kappa shape index (κ3) is 2.23. The van der Waals surface area contributed by atoms with Crippen LogP contribution in [0.1, 0.15) is 6.92 Å². The fourth-order valence-corrected chi connectivity index (χ4v) is 0.538. The van der Waals surface area contributed by atoms with Gasteiger partial charge in [-0.3, -0.25) is 9.79 Å². The van der Waals surface area contributed by atoms with Gasteiger partial charge in [-0.15, -0.1) is 0 Å². The normalized spacial score (nSPS) is 15.2. The van der Waals surface area contributed by atoms with E-state index in [0.717, 1.165) is 0 Å². The van der Waals surface area contributed by atoms with Crippen molar-refractivity contribution in [1.82, 2.24) is 0 Å². The molecule has 0 aromatic carbocycles. The van der Waals surface area contributed by atoms with E-state index in [2.05, 4.69) is 4.99 Å². The molecule has 0 bridgehead atoms. The maximum Gasteiger partial charge on any atom is 0.264 e. The highest BCUT2D eigenvalue weighted by molar-refractivity contribution is 6.40. The van der Waals surface area contributed by atoms with E-state index >= 15 is 0 Å². The van der Waals surface area contributed by atoms with Crippen LogP contribution in [-0.2, 0) is 4.79 Å². The SMILES string of the molecule is CN=C(C(N)=O)C(C)N. The maximum absolute atomic E-state index is 10.4. The van der Waals surface area contributed by atoms with Crippen molar-refractivity contribution in [3.05, 3.63) is 0 Å². The largest absolute Gasteiger partial charge is 0.365 e. The lowest BCUT2D eigenvalue weighted by molar-refractivity contribution is -0.112. The van der Waals surface area contributed by atoms with Gasteiger partial charge < -0.3 is 11.5 Å². The van der Waals surface area contributed by atoms with Gasteiger partial charge in [-0.25, -0.2) is 0 Å². The molecule has 1 unspecified atom stereocenters. The Bertz CT molecular complexity index is 139. The Balaban J connectivity index is 4.19. The van der Waals surface area contributed by atoms with E-state index in [1.807, 2.05) is 0 Å². The van der Waals surface area contributed by atoms with E-state index in [1.165, 1.54) is 7.05 Å². The summed E-state index contributed by atoms with van der Waals surface area (Å²) in [5, 5.41) is 0. The summed E-state index contributed by atoms with van der Waals surface area (Å²) in [6.07, 6.45) is 0. The summed E-state index contributed by atoms with van der Waals surface area (Å²) in [4.78, 5) is 14.0. The minimum atomic E-state index is -0.549. The van der Waals surface area contributed by atoms with E-state index in [9.17, 15) is 4.79 Å². The van der Waals surface area contributed by atoms with Crippen LogP contribution in [-0.4, -0.2) is 24.7 Å². The average molecular weight is 129 g/mol. The molecule has 0 aromatic rings. The average Bonchev–Trinajstić information content (AvgIpc) is 1.64. The number of hydrogen-bond acceptors (Lipinski definition) is 3. The van der Waals surface area contributed by atoms with Gasteiger partial charge >= 0.3 is 0 Å². The third-order valence-corrected chi connectivity index (χ3v) is 0.925. The highest BCUT2D eigenvalue weighted by Crippen LogP contribution is 1.81. The molecule has 0 aliphatic heterocycles. The summed E-state index contributed by atoms with van der Waals surface area (Å²) >= 11 is 0. The number of carbonyl (C=O) groups is 1. The summed E-state index contributed by atoms with van der Waals surface area (Å²) < 4.78 is 0. The molecule has 0 heterocycles. The van der Waals surface area contributed by atoms with E-state index in [-0.39, 0.29) is 11.8 Å². The van der Waals surface area contributed by atoms with E-state index in [0.29, 0.717) is 0 Å². The lowest BCUT2D eigenvalue weighted by atomic mass is 10.2. The lowest BCUT2D eigenvalue weighted by Crippen LogP contribution is -2.37. The van der Waals surface area contributed by atoms with Crippen LogP contribution in [0.4, 0.5) is 0 Å².